The number of aryl methyl sites for hydroxylation is 1. The van der Waals surface area contributed by atoms with Gasteiger partial charge >= 0.3 is 0 Å². The molecule has 0 spiro atoms. The fourth-order valence-corrected chi connectivity index (χ4v) is 4.29. The maximum Gasteiger partial charge on any atom is 0.198 e. The van der Waals surface area contributed by atoms with Crippen LogP contribution in [0.25, 0.3) is 21.6 Å². The Morgan fingerprint density at radius 1 is 1.32 bits per heavy atom. The molecule has 0 saturated carbocycles. The van der Waals surface area contributed by atoms with Crippen LogP contribution in [-0.4, -0.2) is 29.7 Å². The number of allylic oxidation sites excluding steroid dienone is 1. The summed E-state index contributed by atoms with van der Waals surface area (Å²) < 4.78 is 2.02. The Balaban J connectivity index is 1.77. The summed E-state index contributed by atoms with van der Waals surface area (Å²) >= 11 is 3.15. The van der Waals surface area contributed by atoms with E-state index in [9.17, 15) is 0 Å². The van der Waals surface area contributed by atoms with Gasteiger partial charge < -0.3 is 0 Å². The summed E-state index contributed by atoms with van der Waals surface area (Å²) in [7, 11) is 0. The predicted octanol–water partition coefficient (Wildman–Crippen LogP) is 3.99. The van der Waals surface area contributed by atoms with Crippen molar-refractivity contribution >= 4 is 33.3 Å². The van der Waals surface area contributed by atoms with E-state index in [1.165, 1.54) is 16.6 Å². The second-order valence-corrected chi connectivity index (χ2v) is 7.49. The number of nitrogens with zero attached hydrogens (tertiary/aromatic N) is 6. The molecular formula is C17H14N6S2. The Morgan fingerprint density at radius 2 is 2.24 bits per heavy atom. The number of fused-ring (bicyclic) bond motifs is 1. The molecular weight excluding hydrogens is 352 g/mol. The minimum Gasteiger partial charge on any atom is -0.298 e. The molecule has 4 heterocycles. The maximum atomic E-state index is 4.44. The largest absolute Gasteiger partial charge is 0.298 e. The molecule has 25 heavy (non-hydrogen) atoms. The standard InChI is InChI=1S/C17H14N6S2/c1-3-7-23-14(12-5-4-6-18-9-12)21-22-17(23)25-16-13-8-11(2)24-15(13)19-10-20-16/h3-6,8-10H,1,7H2,2H3. The van der Waals surface area contributed by atoms with Crippen molar-refractivity contribution in [1.82, 2.24) is 29.7 Å². The molecule has 124 valence electrons. The molecule has 4 aromatic heterocycles. The highest BCUT2D eigenvalue weighted by atomic mass is 32.2. The average molecular weight is 366 g/mol. The summed E-state index contributed by atoms with van der Waals surface area (Å²) in [6.07, 6.45) is 6.95. The monoisotopic (exact) mass is 366 g/mol. The molecule has 0 aromatic carbocycles. The van der Waals surface area contributed by atoms with E-state index in [2.05, 4.69) is 44.7 Å². The smallest absolute Gasteiger partial charge is 0.198 e. The molecule has 0 unspecified atom stereocenters. The van der Waals surface area contributed by atoms with E-state index in [0.29, 0.717) is 6.54 Å². The van der Waals surface area contributed by atoms with E-state index in [4.69, 9.17) is 0 Å². The van der Waals surface area contributed by atoms with E-state index in [-0.39, 0.29) is 0 Å². The third kappa shape index (κ3) is 3.06. The average Bonchev–Trinajstić information content (AvgIpc) is 3.20. The molecule has 0 bridgehead atoms. The summed E-state index contributed by atoms with van der Waals surface area (Å²) in [5, 5.41) is 11.4. The van der Waals surface area contributed by atoms with E-state index in [1.54, 1.807) is 30.1 Å². The zero-order valence-electron chi connectivity index (χ0n) is 13.5. The molecule has 6 nitrogen and oxygen atoms in total. The van der Waals surface area contributed by atoms with Gasteiger partial charge in [0.25, 0.3) is 0 Å². The molecule has 0 aliphatic carbocycles. The molecule has 4 rings (SSSR count). The number of rotatable bonds is 5. The molecule has 0 aliphatic rings. The summed E-state index contributed by atoms with van der Waals surface area (Å²) in [6.45, 7) is 6.53. The number of hydrogen-bond donors (Lipinski definition) is 0. The van der Waals surface area contributed by atoms with Gasteiger partial charge in [-0.1, -0.05) is 6.08 Å². The summed E-state index contributed by atoms with van der Waals surface area (Å²) in [6, 6.07) is 5.96. The first-order chi connectivity index (χ1) is 12.3. The van der Waals surface area contributed by atoms with Crippen LogP contribution in [0.3, 0.4) is 0 Å². The molecule has 0 saturated heterocycles. The van der Waals surface area contributed by atoms with Crippen molar-refractivity contribution in [2.75, 3.05) is 0 Å². The molecule has 0 amide bonds. The normalized spacial score (nSPS) is 11.1. The first-order valence-electron chi connectivity index (χ1n) is 7.60. The van der Waals surface area contributed by atoms with Crippen LogP contribution in [0.5, 0.6) is 0 Å². The number of thiophene rings is 1. The quantitative estimate of drug-likeness (QED) is 0.393. The van der Waals surface area contributed by atoms with Crippen LogP contribution in [-0.2, 0) is 6.54 Å². The predicted molar refractivity (Wildman–Crippen MR) is 99.7 cm³/mol. The van der Waals surface area contributed by atoms with Crippen molar-refractivity contribution in [3.05, 3.63) is 54.5 Å². The lowest BCUT2D eigenvalue weighted by atomic mass is 10.3. The van der Waals surface area contributed by atoms with Gasteiger partial charge in [-0.2, -0.15) is 0 Å². The van der Waals surface area contributed by atoms with Gasteiger partial charge in [-0.3, -0.25) is 9.55 Å². The number of hydrogen-bond acceptors (Lipinski definition) is 7. The lowest BCUT2D eigenvalue weighted by Crippen LogP contribution is -2.01. The lowest BCUT2D eigenvalue weighted by Gasteiger charge is -2.07. The van der Waals surface area contributed by atoms with Gasteiger partial charge in [-0.15, -0.1) is 28.1 Å². The van der Waals surface area contributed by atoms with Crippen molar-refractivity contribution in [3.8, 4) is 11.4 Å². The molecule has 4 aromatic rings. The fourth-order valence-electron chi connectivity index (χ4n) is 2.49. The van der Waals surface area contributed by atoms with Gasteiger partial charge in [-0.25, -0.2) is 9.97 Å². The molecule has 0 fully saturated rings. The molecule has 0 radical (unpaired) electrons. The Hall–Kier alpha value is -2.58. The second kappa shape index (κ2) is 6.73. The first kappa shape index (κ1) is 15.9. The molecule has 0 N–H and O–H groups in total. The Kier molecular flexibility index (Phi) is 4.29. The van der Waals surface area contributed by atoms with Gasteiger partial charge in [-0.05, 0) is 36.9 Å². The molecule has 8 heteroatoms. The highest BCUT2D eigenvalue weighted by Crippen LogP contribution is 2.34. The van der Waals surface area contributed by atoms with Gasteiger partial charge in [0, 0.05) is 34.8 Å². The Labute approximate surface area is 152 Å². The van der Waals surface area contributed by atoms with Crippen LogP contribution in [0.2, 0.25) is 0 Å². The highest BCUT2D eigenvalue weighted by Gasteiger charge is 2.17. The maximum absolute atomic E-state index is 4.44. The summed E-state index contributed by atoms with van der Waals surface area (Å²) in [5.41, 5.74) is 0.919. The van der Waals surface area contributed by atoms with Crippen molar-refractivity contribution < 1.29 is 0 Å². The SMILES string of the molecule is C=CCn1c(Sc2ncnc3sc(C)cc23)nnc1-c1cccnc1. The number of aromatic nitrogens is 6. The molecule has 0 atom stereocenters. The van der Waals surface area contributed by atoms with Crippen LogP contribution >= 0.6 is 23.1 Å². The van der Waals surface area contributed by atoms with Crippen LogP contribution < -0.4 is 0 Å². The van der Waals surface area contributed by atoms with E-state index >= 15 is 0 Å². The zero-order valence-corrected chi connectivity index (χ0v) is 15.1. The van der Waals surface area contributed by atoms with Gasteiger partial charge in [0.15, 0.2) is 11.0 Å². The van der Waals surface area contributed by atoms with E-state index in [1.807, 2.05) is 22.8 Å². The first-order valence-corrected chi connectivity index (χ1v) is 9.23. The zero-order chi connectivity index (χ0) is 17.2. The van der Waals surface area contributed by atoms with Crippen LogP contribution in [0, 0.1) is 6.92 Å². The third-order valence-electron chi connectivity index (χ3n) is 3.55. The van der Waals surface area contributed by atoms with Gasteiger partial charge in [0.1, 0.15) is 16.2 Å². The minimum atomic E-state index is 0.608. The van der Waals surface area contributed by atoms with Crippen molar-refractivity contribution in [2.45, 2.75) is 23.7 Å². The fraction of sp³-hybridized carbons (Fsp3) is 0.118. The summed E-state index contributed by atoms with van der Waals surface area (Å²) in [5.74, 6) is 0.766. The van der Waals surface area contributed by atoms with Crippen molar-refractivity contribution in [2.24, 2.45) is 0 Å². The van der Waals surface area contributed by atoms with Crippen molar-refractivity contribution in [1.29, 1.82) is 0 Å². The van der Waals surface area contributed by atoms with Crippen molar-refractivity contribution in [3.63, 3.8) is 0 Å². The van der Waals surface area contributed by atoms with Gasteiger partial charge in [0.2, 0.25) is 0 Å². The molecule has 0 aliphatic heterocycles. The lowest BCUT2D eigenvalue weighted by molar-refractivity contribution is 0.730. The second-order valence-electron chi connectivity index (χ2n) is 5.30. The topological polar surface area (TPSA) is 69.4 Å². The minimum absolute atomic E-state index is 0.608. The summed E-state index contributed by atoms with van der Waals surface area (Å²) in [4.78, 5) is 15.1. The van der Waals surface area contributed by atoms with Crippen LogP contribution in [0.15, 0.2) is 59.8 Å². The van der Waals surface area contributed by atoms with Crippen LogP contribution in [0.1, 0.15) is 4.88 Å². The van der Waals surface area contributed by atoms with E-state index < -0.39 is 0 Å². The van der Waals surface area contributed by atoms with E-state index in [0.717, 1.165) is 31.8 Å². The van der Waals surface area contributed by atoms with Gasteiger partial charge in [0.05, 0.1) is 0 Å². The Morgan fingerprint density at radius 3 is 3.04 bits per heavy atom. The highest BCUT2D eigenvalue weighted by molar-refractivity contribution is 7.99. The van der Waals surface area contributed by atoms with Crippen LogP contribution in [0.4, 0.5) is 0 Å². The Bertz CT molecular complexity index is 1040. The number of pyridine rings is 1. The third-order valence-corrected chi connectivity index (χ3v) is 5.51.